The summed E-state index contributed by atoms with van der Waals surface area (Å²) in [5.74, 6) is 0.177. The summed E-state index contributed by atoms with van der Waals surface area (Å²) in [6.07, 6.45) is 0.473. The third kappa shape index (κ3) is 6.62. The van der Waals surface area contributed by atoms with Gasteiger partial charge >= 0.3 is 0 Å². The first-order valence-electron chi connectivity index (χ1n) is 11.8. The zero-order chi connectivity index (χ0) is 26.4. The third-order valence-electron chi connectivity index (χ3n) is 5.88. The van der Waals surface area contributed by atoms with Gasteiger partial charge in [0.25, 0.3) is 0 Å². The minimum atomic E-state index is -3.95. The van der Waals surface area contributed by atoms with Crippen molar-refractivity contribution in [1.29, 1.82) is 0 Å². The van der Waals surface area contributed by atoms with Crippen molar-refractivity contribution in [2.24, 2.45) is 0 Å². The van der Waals surface area contributed by atoms with Crippen molar-refractivity contribution >= 4 is 33.0 Å². The van der Waals surface area contributed by atoms with Crippen molar-refractivity contribution in [3.8, 4) is 17.0 Å². The maximum atomic E-state index is 13.6. The van der Waals surface area contributed by atoms with E-state index in [1.54, 1.807) is 36.5 Å². The van der Waals surface area contributed by atoms with Crippen LogP contribution in [0.1, 0.15) is 16.1 Å². The number of nitrogens with zero attached hydrogens (tertiary/aromatic N) is 2. The highest BCUT2D eigenvalue weighted by Crippen LogP contribution is 2.26. The molecule has 0 unspecified atom stereocenters. The number of carbonyl (C=O) groups is 1. The molecule has 0 fully saturated rings. The number of hydrogen-bond donors (Lipinski definition) is 1. The second-order valence-electron chi connectivity index (χ2n) is 8.59. The second-order valence-corrected chi connectivity index (χ2v) is 11.6. The van der Waals surface area contributed by atoms with Crippen LogP contribution in [0.25, 0.3) is 11.3 Å². The number of rotatable bonds is 10. The molecule has 0 aliphatic rings. The maximum absolute atomic E-state index is 13.6. The molecule has 4 rings (SSSR count). The summed E-state index contributed by atoms with van der Waals surface area (Å²) in [5, 5.41) is 5.77. The lowest BCUT2D eigenvalue weighted by Crippen LogP contribution is -2.39. The van der Waals surface area contributed by atoms with Gasteiger partial charge in [-0.25, -0.2) is 13.4 Å². The molecule has 0 spiro atoms. The van der Waals surface area contributed by atoms with Gasteiger partial charge < -0.3 is 10.1 Å². The third-order valence-corrected chi connectivity index (χ3v) is 8.49. The first-order chi connectivity index (χ1) is 17.8. The van der Waals surface area contributed by atoms with Crippen molar-refractivity contribution in [3.05, 3.63) is 94.3 Å². The molecule has 192 valence electrons. The lowest BCUT2D eigenvalue weighted by atomic mass is 10.1. The van der Waals surface area contributed by atoms with Crippen molar-refractivity contribution < 1.29 is 17.9 Å². The Labute approximate surface area is 221 Å². The normalized spacial score (nSPS) is 11.5. The van der Waals surface area contributed by atoms with E-state index in [2.05, 4.69) is 10.3 Å². The van der Waals surface area contributed by atoms with E-state index in [9.17, 15) is 13.2 Å². The molecule has 4 aromatic rings. The number of aryl methyl sites for hydroxylation is 2. The number of ether oxygens (including phenoxy) is 1. The summed E-state index contributed by atoms with van der Waals surface area (Å²) in [7, 11) is -2.41. The number of sulfonamides is 1. The Morgan fingerprint density at radius 1 is 1.03 bits per heavy atom. The Bertz CT molecular complexity index is 1480. The van der Waals surface area contributed by atoms with Crippen LogP contribution in [0, 0.1) is 13.8 Å². The summed E-state index contributed by atoms with van der Waals surface area (Å²) in [5.41, 5.74) is 3.98. The molecule has 0 atom stereocenters. The molecule has 9 heteroatoms. The van der Waals surface area contributed by atoms with E-state index in [-0.39, 0.29) is 18.0 Å². The SMILES string of the molecule is COc1ccc(S(=O)(=O)N(CCc2ccccc2)CC(=O)Nc2cccc(-c3csc(C)n3)c2)cc1C. The van der Waals surface area contributed by atoms with E-state index in [4.69, 9.17) is 4.74 Å². The summed E-state index contributed by atoms with van der Waals surface area (Å²) in [6, 6.07) is 21.7. The Balaban J connectivity index is 1.56. The van der Waals surface area contributed by atoms with Gasteiger partial charge in [0.05, 0.1) is 29.3 Å². The fourth-order valence-electron chi connectivity index (χ4n) is 3.96. The Hall–Kier alpha value is -3.53. The molecule has 0 radical (unpaired) electrons. The quantitative estimate of drug-likeness (QED) is 0.297. The monoisotopic (exact) mass is 535 g/mol. The van der Waals surface area contributed by atoms with Crippen molar-refractivity contribution in [2.75, 3.05) is 25.5 Å². The molecule has 0 bridgehead atoms. The molecule has 0 aliphatic carbocycles. The average Bonchev–Trinajstić information content (AvgIpc) is 3.33. The zero-order valence-corrected chi connectivity index (χ0v) is 22.6. The summed E-state index contributed by atoms with van der Waals surface area (Å²) >= 11 is 1.56. The van der Waals surface area contributed by atoms with Gasteiger partial charge in [0.2, 0.25) is 15.9 Å². The predicted octanol–water partition coefficient (Wildman–Crippen LogP) is 5.31. The van der Waals surface area contributed by atoms with Crippen LogP contribution >= 0.6 is 11.3 Å². The van der Waals surface area contributed by atoms with Crippen LogP contribution in [0.15, 0.2) is 83.1 Å². The number of nitrogens with one attached hydrogen (secondary N) is 1. The Kier molecular flexibility index (Phi) is 8.38. The van der Waals surface area contributed by atoms with E-state index >= 15 is 0 Å². The lowest BCUT2D eigenvalue weighted by Gasteiger charge is -2.22. The van der Waals surface area contributed by atoms with Gasteiger partial charge in [-0.05, 0) is 61.7 Å². The molecule has 0 saturated carbocycles. The molecule has 1 heterocycles. The van der Waals surface area contributed by atoms with Crippen molar-refractivity contribution in [3.63, 3.8) is 0 Å². The first-order valence-corrected chi connectivity index (χ1v) is 14.1. The fourth-order valence-corrected chi connectivity index (χ4v) is 6.06. The minimum absolute atomic E-state index is 0.118. The topological polar surface area (TPSA) is 88.6 Å². The fraction of sp³-hybridized carbons (Fsp3) is 0.214. The van der Waals surface area contributed by atoms with Crippen LogP contribution in [0.5, 0.6) is 5.75 Å². The molecule has 7 nitrogen and oxygen atoms in total. The molecule has 1 N–H and O–H groups in total. The molecule has 0 aliphatic heterocycles. The highest BCUT2D eigenvalue weighted by molar-refractivity contribution is 7.89. The smallest absolute Gasteiger partial charge is 0.243 e. The molecule has 3 aromatic carbocycles. The minimum Gasteiger partial charge on any atom is -0.496 e. The summed E-state index contributed by atoms with van der Waals surface area (Å²) in [4.78, 5) is 17.7. The Morgan fingerprint density at radius 3 is 2.49 bits per heavy atom. The van der Waals surface area contributed by atoms with E-state index < -0.39 is 15.9 Å². The summed E-state index contributed by atoms with van der Waals surface area (Å²) < 4.78 is 33.8. The number of hydrogen-bond acceptors (Lipinski definition) is 6. The number of anilines is 1. The molecule has 0 saturated heterocycles. The number of benzene rings is 3. The molecule has 1 aromatic heterocycles. The number of thiazole rings is 1. The van der Waals surface area contributed by atoms with E-state index in [1.165, 1.54) is 17.5 Å². The van der Waals surface area contributed by atoms with Crippen LogP contribution in [0.4, 0.5) is 5.69 Å². The van der Waals surface area contributed by atoms with Crippen LogP contribution in [-0.4, -0.2) is 43.8 Å². The highest BCUT2D eigenvalue weighted by Gasteiger charge is 2.27. The van der Waals surface area contributed by atoms with Gasteiger partial charge in [-0.2, -0.15) is 4.31 Å². The molecular weight excluding hydrogens is 506 g/mol. The zero-order valence-electron chi connectivity index (χ0n) is 21.0. The van der Waals surface area contributed by atoms with E-state index in [0.29, 0.717) is 23.4 Å². The van der Waals surface area contributed by atoms with Crippen LogP contribution < -0.4 is 10.1 Å². The van der Waals surface area contributed by atoms with Crippen LogP contribution in [0.2, 0.25) is 0 Å². The number of amides is 1. The highest BCUT2D eigenvalue weighted by atomic mass is 32.2. The predicted molar refractivity (Wildman–Crippen MR) is 148 cm³/mol. The summed E-state index contributed by atoms with van der Waals surface area (Å²) in [6.45, 7) is 3.56. The average molecular weight is 536 g/mol. The van der Waals surface area contributed by atoms with Gasteiger partial charge in [0.15, 0.2) is 0 Å². The Morgan fingerprint density at radius 2 is 1.81 bits per heavy atom. The lowest BCUT2D eigenvalue weighted by molar-refractivity contribution is -0.116. The second kappa shape index (κ2) is 11.7. The van der Waals surface area contributed by atoms with E-state index in [1.807, 2.05) is 60.8 Å². The van der Waals surface area contributed by atoms with Crippen molar-refractivity contribution in [2.45, 2.75) is 25.2 Å². The molecular formula is C28H29N3O4S2. The van der Waals surface area contributed by atoms with Gasteiger partial charge in [-0.15, -0.1) is 11.3 Å². The van der Waals surface area contributed by atoms with Crippen LogP contribution in [-0.2, 0) is 21.2 Å². The van der Waals surface area contributed by atoms with Gasteiger partial charge in [-0.3, -0.25) is 4.79 Å². The maximum Gasteiger partial charge on any atom is 0.243 e. The molecule has 1 amide bonds. The number of aromatic nitrogens is 1. The number of methoxy groups -OCH3 is 1. The van der Waals surface area contributed by atoms with Crippen LogP contribution in [0.3, 0.4) is 0 Å². The standard InChI is InChI=1S/C28H29N3O4S2/c1-20-16-25(12-13-27(20)35-3)37(33,34)31(15-14-22-8-5-4-6-9-22)18-28(32)30-24-11-7-10-23(17-24)26-19-36-21(2)29-26/h4-13,16-17,19H,14-15,18H2,1-3H3,(H,30,32). The van der Waals surface area contributed by atoms with Crippen molar-refractivity contribution in [1.82, 2.24) is 9.29 Å². The largest absolute Gasteiger partial charge is 0.496 e. The first kappa shape index (κ1) is 26.5. The van der Waals surface area contributed by atoms with Gasteiger partial charge in [0, 0.05) is 23.2 Å². The van der Waals surface area contributed by atoms with Gasteiger partial charge in [-0.1, -0.05) is 42.5 Å². The van der Waals surface area contributed by atoms with Gasteiger partial charge in [0.1, 0.15) is 5.75 Å². The number of carbonyl (C=O) groups excluding carboxylic acids is 1. The van der Waals surface area contributed by atoms with E-state index in [0.717, 1.165) is 21.8 Å². The molecule has 37 heavy (non-hydrogen) atoms.